The number of aryl methyl sites for hydroxylation is 1. The Bertz CT molecular complexity index is 849. The number of amides is 1. The first-order valence-corrected chi connectivity index (χ1v) is 7.37. The van der Waals surface area contributed by atoms with Crippen molar-refractivity contribution in [1.29, 1.82) is 0 Å². The molecule has 0 aliphatic carbocycles. The molecule has 1 aliphatic rings. The molecule has 0 radical (unpaired) electrons. The van der Waals surface area contributed by atoms with Crippen LogP contribution in [-0.4, -0.2) is 23.9 Å². The summed E-state index contributed by atoms with van der Waals surface area (Å²) in [5, 5.41) is 13.4. The van der Waals surface area contributed by atoms with Gasteiger partial charge >= 0.3 is 0 Å². The molecular formula is C18H16FNO4. The minimum Gasteiger partial charge on any atom is -0.496 e. The molecular weight excluding hydrogens is 313 g/mol. The molecule has 24 heavy (non-hydrogen) atoms. The van der Waals surface area contributed by atoms with Crippen molar-refractivity contribution in [3.05, 3.63) is 58.9 Å². The van der Waals surface area contributed by atoms with E-state index in [2.05, 4.69) is 5.32 Å². The normalized spacial score (nSPS) is 18.9. The second-order valence-corrected chi connectivity index (χ2v) is 5.81. The number of benzene rings is 2. The lowest BCUT2D eigenvalue weighted by Crippen LogP contribution is -2.36. The molecule has 1 heterocycles. The molecule has 0 spiro atoms. The molecule has 0 aromatic heterocycles. The number of aliphatic hydroxyl groups is 1. The van der Waals surface area contributed by atoms with Crippen LogP contribution >= 0.6 is 0 Å². The van der Waals surface area contributed by atoms with Crippen molar-refractivity contribution in [1.82, 2.24) is 0 Å². The largest absolute Gasteiger partial charge is 0.496 e. The van der Waals surface area contributed by atoms with Gasteiger partial charge in [0, 0.05) is 17.3 Å². The van der Waals surface area contributed by atoms with Gasteiger partial charge in [0.25, 0.3) is 5.91 Å². The van der Waals surface area contributed by atoms with Crippen molar-refractivity contribution in [3.8, 4) is 5.75 Å². The molecule has 0 saturated heterocycles. The Morgan fingerprint density at radius 3 is 2.75 bits per heavy atom. The highest BCUT2D eigenvalue weighted by molar-refractivity contribution is 6.10. The zero-order valence-corrected chi connectivity index (χ0v) is 13.2. The first-order valence-electron chi connectivity index (χ1n) is 7.37. The third-order valence-corrected chi connectivity index (χ3v) is 4.12. The highest BCUT2D eigenvalue weighted by Gasteiger charge is 2.47. The minimum atomic E-state index is -1.96. The maximum Gasteiger partial charge on any atom is 0.261 e. The van der Waals surface area contributed by atoms with Crippen molar-refractivity contribution in [2.24, 2.45) is 0 Å². The summed E-state index contributed by atoms with van der Waals surface area (Å²) in [6.07, 6.45) is -0.461. The number of ketones is 1. The zero-order valence-electron chi connectivity index (χ0n) is 13.2. The van der Waals surface area contributed by atoms with E-state index in [1.807, 2.05) is 6.92 Å². The number of halogens is 1. The van der Waals surface area contributed by atoms with E-state index >= 15 is 0 Å². The van der Waals surface area contributed by atoms with Crippen LogP contribution < -0.4 is 10.1 Å². The lowest BCUT2D eigenvalue weighted by Gasteiger charge is -2.21. The Labute approximate surface area is 138 Å². The predicted molar refractivity (Wildman–Crippen MR) is 85.6 cm³/mol. The monoisotopic (exact) mass is 329 g/mol. The van der Waals surface area contributed by atoms with Gasteiger partial charge < -0.3 is 15.2 Å². The number of ether oxygens (including phenoxy) is 1. The number of carbonyl (C=O) groups is 2. The number of hydrogen-bond acceptors (Lipinski definition) is 4. The molecule has 0 saturated carbocycles. The van der Waals surface area contributed by atoms with Crippen LogP contribution in [0.25, 0.3) is 0 Å². The number of nitrogens with one attached hydrogen (secondary N) is 1. The van der Waals surface area contributed by atoms with Crippen molar-refractivity contribution < 1.29 is 23.8 Å². The Morgan fingerprint density at radius 2 is 2.04 bits per heavy atom. The average Bonchev–Trinajstić information content (AvgIpc) is 2.78. The van der Waals surface area contributed by atoms with Crippen molar-refractivity contribution in [2.45, 2.75) is 18.9 Å². The predicted octanol–water partition coefficient (Wildman–Crippen LogP) is 2.56. The summed E-state index contributed by atoms with van der Waals surface area (Å²) in [5.74, 6) is -1.65. The van der Waals surface area contributed by atoms with Crippen LogP contribution in [0.5, 0.6) is 5.75 Å². The summed E-state index contributed by atoms with van der Waals surface area (Å²) in [6, 6.07) is 8.65. The van der Waals surface area contributed by atoms with E-state index in [0.29, 0.717) is 11.3 Å². The molecule has 124 valence electrons. The molecule has 2 N–H and O–H groups in total. The molecule has 2 aromatic rings. The number of anilines is 1. The number of fused-ring (bicyclic) bond motifs is 1. The summed E-state index contributed by atoms with van der Waals surface area (Å²) >= 11 is 0. The van der Waals surface area contributed by atoms with E-state index in [1.165, 1.54) is 13.2 Å². The molecule has 1 amide bonds. The Morgan fingerprint density at radius 1 is 1.29 bits per heavy atom. The highest BCUT2D eigenvalue weighted by Crippen LogP contribution is 2.40. The summed E-state index contributed by atoms with van der Waals surface area (Å²) in [7, 11) is 1.32. The third-order valence-electron chi connectivity index (χ3n) is 4.12. The summed E-state index contributed by atoms with van der Waals surface area (Å²) in [6.45, 7) is 1.83. The van der Waals surface area contributed by atoms with E-state index in [9.17, 15) is 19.1 Å². The first kappa shape index (κ1) is 16.1. The van der Waals surface area contributed by atoms with Gasteiger partial charge in [0.15, 0.2) is 11.4 Å². The van der Waals surface area contributed by atoms with Crippen LogP contribution in [-0.2, 0) is 10.4 Å². The zero-order chi connectivity index (χ0) is 17.5. The fourth-order valence-electron chi connectivity index (χ4n) is 2.86. The number of hydrogen-bond donors (Lipinski definition) is 2. The topological polar surface area (TPSA) is 75.6 Å². The van der Waals surface area contributed by atoms with Gasteiger partial charge in [-0.3, -0.25) is 9.59 Å². The molecule has 0 bridgehead atoms. The third kappa shape index (κ3) is 2.55. The summed E-state index contributed by atoms with van der Waals surface area (Å²) < 4.78 is 18.3. The molecule has 6 heteroatoms. The second kappa shape index (κ2) is 5.72. The van der Waals surface area contributed by atoms with Gasteiger partial charge in [-0.15, -0.1) is 0 Å². The molecule has 5 nitrogen and oxygen atoms in total. The average molecular weight is 329 g/mol. The van der Waals surface area contributed by atoms with E-state index in [0.717, 1.165) is 17.7 Å². The van der Waals surface area contributed by atoms with Crippen LogP contribution in [0.1, 0.15) is 27.9 Å². The van der Waals surface area contributed by atoms with E-state index in [4.69, 9.17) is 4.74 Å². The van der Waals surface area contributed by atoms with Crippen LogP contribution in [0.15, 0.2) is 36.4 Å². The Balaban J connectivity index is 1.98. The van der Waals surface area contributed by atoms with Crippen molar-refractivity contribution in [3.63, 3.8) is 0 Å². The Hall–Kier alpha value is -2.73. The standard InChI is InChI=1S/C18H16FNO4/c1-10-3-6-14-13(7-10)18(23,17(22)20-14)9-15(21)12-5-4-11(19)8-16(12)24-2/h3-8,23H,9H2,1-2H3,(H,20,22)/t18-/m0/s1. The summed E-state index contributed by atoms with van der Waals surface area (Å²) in [5.41, 5.74) is -0.150. The van der Waals surface area contributed by atoms with Crippen LogP contribution in [0, 0.1) is 12.7 Å². The fourth-order valence-corrected chi connectivity index (χ4v) is 2.86. The second-order valence-electron chi connectivity index (χ2n) is 5.81. The lowest BCUT2D eigenvalue weighted by atomic mass is 9.87. The van der Waals surface area contributed by atoms with E-state index in [1.54, 1.807) is 18.2 Å². The number of carbonyl (C=O) groups excluding carboxylic acids is 2. The Kier molecular flexibility index (Phi) is 3.85. The van der Waals surface area contributed by atoms with Gasteiger partial charge in [-0.05, 0) is 25.1 Å². The molecule has 1 atom stereocenters. The first-order chi connectivity index (χ1) is 11.3. The van der Waals surface area contributed by atoms with Crippen LogP contribution in [0.4, 0.5) is 10.1 Å². The maximum absolute atomic E-state index is 13.3. The number of Topliss-reactive ketones (excluding diaryl/α,β-unsaturated/α-hetero) is 1. The molecule has 0 fully saturated rings. The summed E-state index contributed by atoms with van der Waals surface area (Å²) in [4.78, 5) is 24.8. The van der Waals surface area contributed by atoms with Crippen LogP contribution in [0.2, 0.25) is 0 Å². The number of rotatable bonds is 4. The maximum atomic E-state index is 13.3. The molecule has 3 rings (SSSR count). The van der Waals surface area contributed by atoms with Gasteiger partial charge in [-0.1, -0.05) is 17.7 Å². The minimum absolute atomic E-state index is 0.0615. The van der Waals surface area contributed by atoms with Gasteiger partial charge in [0.1, 0.15) is 11.6 Å². The van der Waals surface area contributed by atoms with Gasteiger partial charge in [-0.25, -0.2) is 4.39 Å². The number of methoxy groups -OCH3 is 1. The molecule has 1 aliphatic heterocycles. The van der Waals surface area contributed by atoms with Crippen LogP contribution in [0.3, 0.4) is 0 Å². The quantitative estimate of drug-likeness (QED) is 0.845. The van der Waals surface area contributed by atoms with E-state index < -0.39 is 29.5 Å². The highest BCUT2D eigenvalue weighted by atomic mass is 19.1. The van der Waals surface area contributed by atoms with E-state index in [-0.39, 0.29) is 11.3 Å². The van der Waals surface area contributed by atoms with Gasteiger partial charge in [-0.2, -0.15) is 0 Å². The van der Waals surface area contributed by atoms with Crippen molar-refractivity contribution in [2.75, 3.05) is 12.4 Å². The SMILES string of the molecule is COc1cc(F)ccc1C(=O)C[C@@]1(O)C(=O)Nc2ccc(C)cc21. The molecule has 2 aromatic carbocycles. The smallest absolute Gasteiger partial charge is 0.261 e. The van der Waals surface area contributed by atoms with Crippen molar-refractivity contribution >= 4 is 17.4 Å². The molecule has 0 unspecified atom stereocenters. The van der Waals surface area contributed by atoms with Gasteiger partial charge in [0.2, 0.25) is 0 Å². The fraction of sp³-hybridized carbons (Fsp3) is 0.222. The lowest BCUT2D eigenvalue weighted by molar-refractivity contribution is -0.133. The van der Waals surface area contributed by atoms with Gasteiger partial charge in [0.05, 0.1) is 19.1 Å².